The van der Waals surface area contributed by atoms with E-state index in [1.165, 1.54) is 0 Å². The Labute approximate surface area is 156 Å². The minimum atomic E-state index is -0.00998. The zero-order valence-electron chi connectivity index (χ0n) is 13.6. The molecule has 122 valence electrons. The van der Waals surface area contributed by atoms with Crippen LogP contribution >= 0.6 is 15.9 Å². The van der Waals surface area contributed by atoms with Gasteiger partial charge < -0.3 is 0 Å². The smallest absolute Gasteiger partial charge is 0.185 e. The van der Waals surface area contributed by atoms with Crippen LogP contribution in [-0.2, 0) is 0 Å². The van der Waals surface area contributed by atoms with Crippen LogP contribution in [0, 0.1) is 0 Å². The Kier molecular flexibility index (Phi) is 5.76. The number of carbonyl (C=O) groups excluding carboxylic acids is 1. The van der Waals surface area contributed by atoms with Crippen molar-refractivity contribution in [2.75, 3.05) is 0 Å². The summed E-state index contributed by atoms with van der Waals surface area (Å²) < 4.78 is 0.961. The molecule has 0 amide bonds. The van der Waals surface area contributed by atoms with Gasteiger partial charge in [0.05, 0.1) is 0 Å². The standard InChI is InChI=1S/C23H17BrO/c24-21-16-14-20(15-17-21)23(25)13-7-12-22(18-8-3-1-4-9-18)19-10-5-2-6-11-19/h1-17H/b13-7+. The first-order valence-electron chi connectivity index (χ1n) is 8.03. The summed E-state index contributed by atoms with van der Waals surface area (Å²) in [6, 6.07) is 27.7. The van der Waals surface area contributed by atoms with Crippen molar-refractivity contribution in [3.05, 3.63) is 124 Å². The van der Waals surface area contributed by atoms with E-state index in [1.807, 2.05) is 72.8 Å². The second kappa shape index (κ2) is 8.41. The summed E-state index contributed by atoms with van der Waals surface area (Å²) in [5.41, 5.74) is 4.00. The summed E-state index contributed by atoms with van der Waals surface area (Å²) in [6.07, 6.45) is 5.41. The van der Waals surface area contributed by atoms with Crippen LogP contribution in [0.2, 0.25) is 0 Å². The lowest BCUT2D eigenvalue weighted by molar-refractivity contribution is 0.104. The molecule has 0 spiro atoms. The van der Waals surface area contributed by atoms with Crippen molar-refractivity contribution in [2.45, 2.75) is 0 Å². The molecule has 0 aromatic heterocycles. The van der Waals surface area contributed by atoms with Crippen molar-refractivity contribution < 1.29 is 4.79 Å². The molecule has 0 aliphatic heterocycles. The summed E-state index contributed by atoms with van der Waals surface area (Å²) >= 11 is 3.38. The molecular formula is C23H17BrO. The number of hydrogen-bond acceptors (Lipinski definition) is 1. The number of hydrogen-bond donors (Lipinski definition) is 0. The summed E-state index contributed by atoms with van der Waals surface area (Å²) in [5.74, 6) is -0.00998. The Morgan fingerprint density at radius 3 is 1.72 bits per heavy atom. The molecule has 2 heteroatoms. The van der Waals surface area contributed by atoms with Gasteiger partial charge in [0.2, 0.25) is 0 Å². The highest BCUT2D eigenvalue weighted by atomic mass is 79.9. The minimum Gasteiger partial charge on any atom is -0.289 e. The van der Waals surface area contributed by atoms with Crippen molar-refractivity contribution in [2.24, 2.45) is 0 Å². The van der Waals surface area contributed by atoms with Crippen molar-refractivity contribution in [3.8, 4) is 0 Å². The van der Waals surface area contributed by atoms with Gasteiger partial charge in [-0.3, -0.25) is 4.79 Å². The SMILES string of the molecule is O=C(/C=C/C=C(c1ccccc1)c1ccccc1)c1ccc(Br)cc1. The van der Waals surface area contributed by atoms with Gasteiger partial charge >= 0.3 is 0 Å². The van der Waals surface area contributed by atoms with Gasteiger partial charge in [-0.2, -0.15) is 0 Å². The molecule has 0 aliphatic carbocycles. The van der Waals surface area contributed by atoms with Crippen molar-refractivity contribution in [3.63, 3.8) is 0 Å². The summed E-state index contributed by atoms with van der Waals surface area (Å²) in [7, 11) is 0. The Hall–Kier alpha value is -2.71. The largest absolute Gasteiger partial charge is 0.289 e. The Bertz CT molecular complexity index is 850. The maximum absolute atomic E-state index is 12.3. The van der Waals surface area contributed by atoms with Crippen molar-refractivity contribution in [1.29, 1.82) is 0 Å². The van der Waals surface area contributed by atoms with Gasteiger partial charge in [-0.1, -0.05) is 88.7 Å². The quantitative estimate of drug-likeness (QED) is 0.284. The molecule has 25 heavy (non-hydrogen) atoms. The molecule has 0 aliphatic rings. The molecule has 1 nitrogen and oxygen atoms in total. The van der Waals surface area contributed by atoms with Crippen LogP contribution in [0.5, 0.6) is 0 Å². The van der Waals surface area contributed by atoms with E-state index in [1.54, 1.807) is 6.08 Å². The van der Waals surface area contributed by atoms with Crippen LogP contribution in [0.4, 0.5) is 0 Å². The average molecular weight is 389 g/mol. The number of halogens is 1. The van der Waals surface area contributed by atoms with Crippen LogP contribution in [0.1, 0.15) is 21.5 Å². The highest BCUT2D eigenvalue weighted by molar-refractivity contribution is 9.10. The van der Waals surface area contributed by atoms with Crippen LogP contribution in [0.3, 0.4) is 0 Å². The first-order valence-corrected chi connectivity index (χ1v) is 8.82. The maximum atomic E-state index is 12.3. The molecular weight excluding hydrogens is 372 g/mol. The number of benzene rings is 3. The highest BCUT2D eigenvalue weighted by Crippen LogP contribution is 2.23. The van der Waals surface area contributed by atoms with E-state index in [9.17, 15) is 4.79 Å². The normalized spacial score (nSPS) is 10.6. The Balaban J connectivity index is 1.88. The molecule has 0 fully saturated rings. The average Bonchev–Trinajstić information content (AvgIpc) is 2.67. The first kappa shape index (κ1) is 17.1. The summed E-state index contributed by atoms with van der Waals surface area (Å²) in [6.45, 7) is 0. The van der Waals surface area contributed by atoms with E-state index < -0.39 is 0 Å². The van der Waals surface area contributed by atoms with Crippen molar-refractivity contribution >= 4 is 27.3 Å². The third-order valence-electron chi connectivity index (χ3n) is 3.81. The van der Waals surface area contributed by atoms with Crippen molar-refractivity contribution in [1.82, 2.24) is 0 Å². The molecule has 0 N–H and O–H groups in total. The monoisotopic (exact) mass is 388 g/mol. The number of carbonyl (C=O) groups is 1. The molecule has 0 radical (unpaired) electrons. The van der Waals surface area contributed by atoms with E-state index in [0.717, 1.165) is 21.2 Å². The fourth-order valence-corrected chi connectivity index (χ4v) is 2.80. The number of allylic oxidation sites excluding steroid dienone is 3. The van der Waals surface area contributed by atoms with E-state index in [2.05, 4.69) is 40.2 Å². The first-order chi connectivity index (χ1) is 12.2. The molecule has 3 aromatic carbocycles. The third kappa shape index (κ3) is 4.65. The van der Waals surface area contributed by atoms with Gasteiger partial charge in [0.1, 0.15) is 0 Å². The second-order valence-electron chi connectivity index (χ2n) is 5.54. The van der Waals surface area contributed by atoms with E-state index in [4.69, 9.17) is 0 Å². The lowest BCUT2D eigenvalue weighted by Gasteiger charge is -2.07. The Morgan fingerprint density at radius 1 is 0.680 bits per heavy atom. The van der Waals surface area contributed by atoms with Gasteiger partial charge in [-0.05, 0) is 47.0 Å². The van der Waals surface area contributed by atoms with Gasteiger partial charge in [-0.25, -0.2) is 0 Å². The predicted octanol–water partition coefficient (Wildman–Crippen LogP) is 6.32. The molecule has 3 rings (SSSR count). The van der Waals surface area contributed by atoms with Crippen LogP contribution in [0.25, 0.3) is 5.57 Å². The van der Waals surface area contributed by atoms with Crippen LogP contribution in [0.15, 0.2) is 108 Å². The predicted molar refractivity (Wildman–Crippen MR) is 108 cm³/mol. The lowest BCUT2D eigenvalue weighted by Crippen LogP contribution is -1.93. The van der Waals surface area contributed by atoms with E-state index in [0.29, 0.717) is 5.56 Å². The fraction of sp³-hybridized carbons (Fsp3) is 0. The zero-order valence-corrected chi connectivity index (χ0v) is 15.2. The van der Waals surface area contributed by atoms with Gasteiger partial charge in [0.25, 0.3) is 0 Å². The molecule has 0 heterocycles. The molecule has 0 saturated heterocycles. The molecule has 0 bridgehead atoms. The third-order valence-corrected chi connectivity index (χ3v) is 4.34. The molecule has 0 unspecified atom stereocenters. The van der Waals surface area contributed by atoms with Gasteiger partial charge in [0, 0.05) is 10.0 Å². The molecule has 0 atom stereocenters. The highest BCUT2D eigenvalue weighted by Gasteiger charge is 2.04. The number of ketones is 1. The maximum Gasteiger partial charge on any atom is 0.185 e. The molecule has 0 saturated carbocycles. The van der Waals surface area contributed by atoms with Crippen LogP contribution in [-0.4, -0.2) is 5.78 Å². The topological polar surface area (TPSA) is 17.1 Å². The summed E-state index contributed by atoms with van der Waals surface area (Å²) in [4.78, 5) is 12.3. The Morgan fingerprint density at radius 2 is 1.20 bits per heavy atom. The van der Waals surface area contributed by atoms with Gasteiger partial charge in [-0.15, -0.1) is 0 Å². The van der Waals surface area contributed by atoms with Gasteiger partial charge in [0.15, 0.2) is 5.78 Å². The second-order valence-corrected chi connectivity index (χ2v) is 6.46. The fourth-order valence-electron chi connectivity index (χ4n) is 2.54. The summed E-state index contributed by atoms with van der Waals surface area (Å²) in [5, 5.41) is 0. The number of rotatable bonds is 5. The van der Waals surface area contributed by atoms with Crippen LogP contribution < -0.4 is 0 Å². The zero-order chi connectivity index (χ0) is 17.5. The molecule has 3 aromatic rings. The minimum absolute atomic E-state index is 0.00998. The van der Waals surface area contributed by atoms with E-state index in [-0.39, 0.29) is 5.78 Å². The lowest BCUT2D eigenvalue weighted by atomic mass is 9.97. The van der Waals surface area contributed by atoms with E-state index >= 15 is 0 Å².